The van der Waals surface area contributed by atoms with Gasteiger partial charge in [0.2, 0.25) is 0 Å². The minimum absolute atomic E-state index is 0.0324. The lowest BCUT2D eigenvalue weighted by Gasteiger charge is -1.94. The van der Waals surface area contributed by atoms with E-state index in [0.29, 0.717) is 11.3 Å². The van der Waals surface area contributed by atoms with Crippen molar-refractivity contribution in [2.75, 3.05) is 0 Å². The number of hydrogen-bond donors (Lipinski definition) is 1. The molecule has 0 fully saturated rings. The van der Waals surface area contributed by atoms with Gasteiger partial charge in [-0.05, 0) is 0 Å². The van der Waals surface area contributed by atoms with Crippen LogP contribution in [0.3, 0.4) is 0 Å². The summed E-state index contributed by atoms with van der Waals surface area (Å²) in [5.74, 6) is -0.323. The zero-order valence-electron chi connectivity index (χ0n) is 7.45. The summed E-state index contributed by atoms with van der Waals surface area (Å²) in [5.41, 5.74) is 0.847. The maximum Gasteiger partial charge on any atom is 0.309 e. The highest BCUT2D eigenvalue weighted by molar-refractivity contribution is 5.62. The molecule has 0 unspecified atom stereocenters. The Labute approximate surface area is 83.9 Å². The number of benzene rings is 1. The van der Waals surface area contributed by atoms with Gasteiger partial charge in [-0.3, -0.25) is 10.1 Å². The minimum Gasteiger partial charge on any atom is -0.479 e. The van der Waals surface area contributed by atoms with E-state index in [1.165, 1.54) is 18.2 Å². The third kappa shape index (κ3) is 1.78. The monoisotopic (exact) mass is 206 g/mol. The normalized spacial score (nSPS) is 10.1. The van der Waals surface area contributed by atoms with Crippen LogP contribution in [-0.4, -0.2) is 15.2 Å². The van der Waals surface area contributed by atoms with Gasteiger partial charge in [-0.15, -0.1) is 0 Å². The predicted octanol–water partition coefficient (Wildman–Crippen LogP) is 1.96. The molecule has 76 valence electrons. The first kappa shape index (κ1) is 9.20. The van der Waals surface area contributed by atoms with Crippen molar-refractivity contribution in [1.29, 1.82) is 0 Å². The summed E-state index contributed by atoms with van der Waals surface area (Å²) in [4.78, 5) is 10.0. The zero-order chi connectivity index (χ0) is 10.8. The van der Waals surface area contributed by atoms with Gasteiger partial charge >= 0.3 is 5.95 Å². The largest absolute Gasteiger partial charge is 0.479 e. The Hall–Kier alpha value is -2.37. The van der Waals surface area contributed by atoms with E-state index in [9.17, 15) is 10.1 Å². The van der Waals surface area contributed by atoms with Crippen LogP contribution in [0.15, 0.2) is 34.9 Å². The fourth-order valence-corrected chi connectivity index (χ4v) is 1.18. The van der Waals surface area contributed by atoms with Crippen LogP contribution >= 0.6 is 0 Å². The van der Waals surface area contributed by atoms with Crippen LogP contribution in [0.25, 0.3) is 11.3 Å². The Morgan fingerprint density at radius 2 is 2.20 bits per heavy atom. The second kappa shape index (κ2) is 3.41. The molecule has 15 heavy (non-hydrogen) atoms. The molecule has 1 aromatic carbocycles. The van der Waals surface area contributed by atoms with E-state index in [1.807, 2.05) is 0 Å². The topological polar surface area (TPSA) is 89.4 Å². The molecule has 2 aromatic rings. The third-order valence-corrected chi connectivity index (χ3v) is 1.85. The number of hydrogen-bond acceptors (Lipinski definition) is 5. The molecule has 0 amide bonds. The summed E-state index contributed by atoms with van der Waals surface area (Å²) in [6, 6.07) is 7.21. The Kier molecular flexibility index (Phi) is 2.09. The van der Waals surface area contributed by atoms with Gasteiger partial charge in [0.05, 0.1) is 11.0 Å². The summed E-state index contributed by atoms with van der Waals surface area (Å²) in [5, 5.41) is 23.0. The zero-order valence-corrected chi connectivity index (χ0v) is 7.45. The van der Waals surface area contributed by atoms with E-state index in [1.54, 1.807) is 12.1 Å². The lowest BCUT2D eigenvalue weighted by atomic mass is 10.1. The Morgan fingerprint density at radius 3 is 2.80 bits per heavy atom. The van der Waals surface area contributed by atoms with Crippen molar-refractivity contribution in [3.63, 3.8) is 0 Å². The van der Waals surface area contributed by atoms with Crippen LogP contribution in [0.4, 0.5) is 5.69 Å². The van der Waals surface area contributed by atoms with Gasteiger partial charge in [0.15, 0.2) is 0 Å². The predicted molar refractivity (Wildman–Crippen MR) is 50.3 cm³/mol. The highest BCUT2D eigenvalue weighted by Gasteiger charge is 2.10. The van der Waals surface area contributed by atoms with E-state index in [2.05, 4.69) is 9.68 Å². The SMILES string of the molecule is O=[N+]([O-])c1cccc(-c2cc(O)on2)c1. The number of nitrogens with zero attached hydrogens (tertiary/aromatic N) is 2. The molecule has 0 atom stereocenters. The summed E-state index contributed by atoms with van der Waals surface area (Å²) in [6.07, 6.45) is 0. The number of non-ortho nitro benzene ring substituents is 1. The van der Waals surface area contributed by atoms with Crippen molar-refractivity contribution in [2.45, 2.75) is 0 Å². The van der Waals surface area contributed by atoms with Gasteiger partial charge < -0.3 is 9.63 Å². The van der Waals surface area contributed by atoms with E-state index >= 15 is 0 Å². The van der Waals surface area contributed by atoms with Crippen molar-refractivity contribution in [2.24, 2.45) is 0 Å². The average Bonchev–Trinajstić information content (AvgIpc) is 2.65. The molecule has 1 heterocycles. The van der Waals surface area contributed by atoms with Crippen LogP contribution in [0.5, 0.6) is 5.95 Å². The van der Waals surface area contributed by atoms with Gasteiger partial charge in [-0.25, -0.2) is 0 Å². The van der Waals surface area contributed by atoms with Crippen LogP contribution in [0, 0.1) is 10.1 Å². The number of rotatable bonds is 2. The molecule has 6 heteroatoms. The fourth-order valence-electron chi connectivity index (χ4n) is 1.18. The van der Waals surface area contributed by atoms with Crippen molar-refractivity contribution < 1.29 is 14.6 Å². The number of aromatic nitrogens is 1. The van der Waals surface area contributed by atoms with Gasteiger partial charge in [-0.1, -0.05) is 17.3 Å². The number of nitro benzene ring substituents is 1. The molecule has 0 aliphatic carbocycles. The van der Waals surface area contributed by atoms with Gasteiger partial charge in [0.1, 0.15) is 5.69 Å². The first-order valence-electron chi connectivity index (χ1n) is 4.07. The van der Waals surface area contributed by atoms with Gasteiger partial charge in [0, 0.05) is 17.7 Å². The summed E-state index contributed by atoms with van der Waals surface area (Å²) in [7, 11) is 0. The summed E-state index contributed by atoms with van der Waals surface area (Å²) < 4.78 is 4.45. The Bertz CT molecular complexity index is 506. The quantitative estimate of drug-likeness (QED) is 0.599. The maximum atomic E-state index is 10.5. The molecule has 0 spiro atoms. The lowest BCUT2D eigenvalue weighted by molar-refractivity contribution is -0.384. The number of nitro groups is 1. The first-order chi connectivity index (χ1) is 7.16. The maximum absolute atomic E-state index is 10.5. The highest BCUT2D eigenvalue weighted by atomic mass is 16.6. The molecule has 0 aliphatic rings. The van der Waals surface area contributed by atoms with E-state index in [4.69, 9.17) is 5.11 Å². The smallest absolute Gasteiger partial charge is 0.309 e. The van der Waals surface area contributed by atoms with E-state index in [-0.39, 0.29) is 11.6 Å². The highest BCUT2D eigenvalue weighted by Crippen LogP contribution is 2.25. The van der Waals surface area contributed by atoms with Crippen LogP contribution in [0.2, 0.25) is 0 Å². The third-order valence-electron chi connectivity index (χ3n) is 1.85. The summed E-state index contributed by atoms with van der Waals surface area (Å²) in [6.45, 7) is 0. The molecule has 1 N–H and O–H groups in total. The molecule has 0 saturated carbocycles. The van der Waals surface area contributed by atoms with Crippen LogP contribution in [-0.2, 0) is 0 Å². The van der Waals surface area contributed by atoms with Crippen molar-refractivity contribution >= 4 is 5.69 Å². The molecular weight excluding hydrogens is 200 g/mol. The fraction of sp³-hybridized carbons (Fsp3) is 0. The standard InChI is InChI=1S/C9H6N2O4/c12-9-5-8(10-15-9)6-2-1-3-7(4-6)11(13)14/h1-5,12H. The molecule has 0 saturated heterocycles. The van der Waals surface area contributed by atoms with E-state index in [0.717, 1.165) is 0 Å². The van der Waals surface area contributed by atoms with Crippen molar-refractivity contribution in [3.05, 3.63) is 40.4 Å². The second-order valence-corrected chi connectivity index (χ2v) is 2.86. The second-order valence-electron chi connectivity index (χ2n) is 2.86. The first-order valence-corrected chi connectivity index (χ1v) is 4.07. The average molecular weight is 206 g/mol. The molecule has 0 aliphatic heterocycles. The summed E-state index contributed by atoms with van der Waals surface area (Å²) >= 11 is 0. The molecule has 0 bridgehead atoms. The minimum atomic E-state index is -0.497. The van der Waals surface area contributed by atoms with Crippen LogP contribution < -0.4 is 0 Å². The lowest BCUT2D eigenvalue weighted by Crippen LogP contribution is -1.87. The van der Waals surface area contributed by atoms with Gasteiger partial charge in [-0.2, -0.15) is 0 Å². The van der Waals surface area contributed by atoms with Crippen molar-refractivity contribution in [3.8, 4) is 17.2 Å². The molecule has 2 rings (SSSR count). The number of aromatic hydroxyl groups is 1. The Balaban J connectivity index is 2.45. The molecule has 1 aromatic heterocycles. The molecule has 6 nitrogen and oxygen atoms in total. The Morgan fingerprint density at radius 1 is 1.40 bits per heavy atom. The van der Waals surface area contributed by atoms with Gasteiger partial charge in [0.25, 0.3) is 5.69 Å². The molecule has 0 radical (unpaired) electrons. The molecular formula is C9H6N2O4. The van der Waals surface area contributed by atoms with Crippen molar-refractivity contribution in [1.82, 2.24) is 5.16 Å². The van der Waals surface area contributed by atoms with E-state index < -0.39 is 4.92 Å². The van der Waals surface area contributed by atoms with Crippen LogP contribution in [0.1, 0.15) is 0 Å².